The highest BCUT2D eigenvalue weighted by Gasteiger charge is 2.36. The van der Waals surface area contributed by atoms with Crippen molar-refractivity contribution in [2.24, 2.45) is 11.8 Å². The number of hydrogen-bond donors (Lipinski definition) is 2. The molecule has 1 aromatic rings. The van der Waals surface area contributed by atoms with Crippen molar-refractivity contribution in [3.63, 3.8) is 0 Å². The Morgan fingerprint density at radius 2 is 1.92 bits per heavy atom. The second-order valence-electron chi connectivity index (χ2n) is 7.47. The molecule has 26 heavy (non-hydrogen) atoms. The predicted octanol–water partition coefficient (Wildman–Crippen LogP) is 2.35. The number of nitrogens with zero attached hydrogens (tertiary/aromatic N) is 1. The van der Waals surface area contributed by atoms with Crippen molar-refractivity contribution in [1.82, 2.24) is 10.2 Å². The van der Waals surface area contributed by atoms with Gasteiger partial charge in [-0.15, -0.1) is 0 Å². The highest BCUT2D eigenvalue weighted by molar-refractivity contribution is 5.91. The van der Waals surface area contributed by atoms with Gasteiger partial charge in [0.1, 0.15) is 6.04 Å². The number of carboxylic acid groups (broad SMARTS) is 1. The van der Waals surface area contributed by atoms with Crippen LogP contribution in [0.3, 0.4) is 0 Å². The Balaban J connectivity index is 1.98. The minimum Gasteiger partial charge on any atom is -0.481 e. The summed E-state index contributed by atoms with van der Waals surface area (Å²) in [6.07, 6.45) is 1.32. The molecule has 1 aromatic carbocycles. The molecule has 2 amide bonds. The maximum absolute atomic E-state index is 12.6. The number of aliphatic carboxylic acids is 1. The molecule has 1 saturated heterocycles. The Labute approximate surface area is 154 Å². The summed E-state index contributed by atoms with van der Waals surface area (Å²) in [5, 5.41) is 12.0. The van der Waals surface area contributed by atoms with E-state index >= 15 is 0 Å². The van der Waals surface area contributed by atoms with E-state index in [0.29, 0.717) is 25.8 Å². The van der Waals surface area contributed by atoms with Crippen molar-refractivity contribution in [3.05, 3.63) is 35.4 Å². The SMILES string of the molecule is Cc1ccc(CN2C(=O)CCC2C(=O)NCC(CC(C)C)C(=O)O)cc1. The maximum atomic E-state index is 12.6. The third-order valence-corrected chi connectivity index (χ3v) is 4.73. The number of nitrogens with one attached hydrogen (secondary N) is 1. The van der Waals surface area contributed by atoms with E-state index in [2.05, 4.69) is 5.32 Å². The Hall–Kier alpha value is -2.37. The lowest BCUT2D eigenvalue weighted by molar-refractivity contribution is -0.142. The molecule has 6 heteroatoms. The van der Waals surface area contributed by atoms with Crippen LogP contribution in [0.5, 0.6) is 0 Å². The fraction of sp³-hybridized carbons (Fsp3) is 0.550. The fourth-order valence-corrected chi connectivity index (χ4v) is 3.28. The molecule has 142 valence electrons. The van der Waals surface area contributed by atoms with Gasteiger partial charge < -0.3 is 15.3 Å². The molecule has 0 bridgehead atoms. The van der Waals surface area contributed by atoms with Gasteiger partial charge in [0.2, 0.25) is 11.8 Å². The summed E-state index contributed by atoms with van der Waals surface area (Å²) < 4.78 is 0. The number of likely N-dealkylation sites (tertiary alicyclic amines) is 1. The number of benzene rings is 1. The molecule has 0 aliphatic carbocycles. The van der Waals surface area contributed by atoms with Gasteiger partial charge in [-0.1, -0.05) is 43.7 Å². The molecule has 0 radical (unpaired) electrons. The van der Waals surface area contributed by atoms with Crippen LogP contribution in [0.2, 0.25) is 0 Å². The molecule has 2 rings (SSSR count). The fourth-order valence-electron chi connectivity index (χ4n) is 3.28. The number of carboxylic acids is 1. The number of carbonyl (C=O) groups excluding carboxylic acids is 2. The van der Waals surface area contributed by atoms with Gasteiger partial charge in [0.25, 0.3) is 0 Å². The molecular formula is C20H28N2O4. The van der Waals surface area contributed by atoms with Gasteiger partial charge in [0, 0.05) is 19.5 Å². The molecule has 1 aliphatic rings. The van der Waals surface area contributed by atoms with Crippen molar-refractivity contribution < 1.29 is 19.5 Å². The van der Waals surface area contributed by atoms with Crippen LogP contribution in [0, 0.1) is 18.8 Å². The van der Waals surface area contributed by atoms with E-state index in [1.165, 1.54) is 0 Å². The second kappa shape index (κ2) is 8.83. The average molecular weight is 360 g/mol. The molecule has 2 atom stereocenters. The minimum atomic E-state index is -0.905. The molecule has 2 unspecified atom stereocenters. The van der Waals surface area contributed by atoms with Gasteiger partial charge >= 0.3 is 5.97 Å². The molecule has 1 aliphatic heterocycles. The molecule has 6 nitrogen and oxygen atoms in total. The summed E-state index contributed by atoms with van der Waals surface area (Å²) in [4.78, 5) is 37.7. The van der Waals surface area contributed by atoms with Gasteiger partial charge in [0.05, 0.1) is 5.92 Å². The molecular weight excluding hydrogens is 332 g/mol. The standard InChI is InChI=1S/C20H28N2O4/c1-13(2)10-16(20(25)26)11-21-19(24)17-8-9-18(23)22(17)12-15-6-4-14(3)5-7-15/h4-7,13,16-17H,8-12H2,1-3H3,(H,21,24)(H,25,26). The van der Waals surface area contributed by atoms with Gasteiger partial charge in [-0.3, -0.25) is 14.4 Å². The maximum Gasteiger partial charge on any atom is 0.308 e. The van der Waals surface area contributed by atoms with Gasteiger partial charge in [-0.25, -0.2) is 0 Å². The van der Waals surface area contributed by atoms with Crippen molar-refractivity contribution in [3.8, 4) is 0 Å². The number of carbonyl (C=O) groups is 3. The summed E-state index contributed by atoms with van der Waals surface area (Å²) in [6.45, 7) is 6.39. The normalized spacial score (nSPS) is 18.2. The topological polar surface area (TPSA) is 86.7 Å². The monoisotopic (exact) mass is 360 g/mol. The van der Waals surface area contributed by atoms with Crippen LogP contribution >= 0.6 is 0 Å². The summed E-state index contributed by atoms with van der Waals surface area (Å²) in [5.74, 6) is -1.58. The minimum absolute atomic E-state index is 0.0392. The summed E-state index contributed by atoms with van der Waals surface area (Å²) in [6, 6.07) is 7.35. The van der Waals surface area contributed by atoms with Crippen LogP contribution in [0.4, 0.5) is 0 Å². The molecule has 0 aromatic heterocycles. The van der Waals surface area contributed by atoms with Crippen LogP contribution in [-0.2, 0) is 20.9 Å². The average Bonchev–Trinajstić information content (AvgIpc) is 2.93. The Morgan fingerprint density at radius 3 is 2.50 bits per heavy atom. The molecule has 2 N–H and O–H groups in total. The number of amides is 2. The van der Waals surface area contributed by atoms with Crippen LogP contribution in [0.1, 0.15) is 44.2 Å². The molecule has 1 heterocycles. The first-order valence-electron chi connectivity index (χ1n) is 9.13. The van der Waals surface area contributed by atoms with E-state index in [1.54, 1.807) is 4.90 Å². The van der Waals surface area contributed by atoms with Crippen LogP contribution < -0.4 is 5.32 Å². The lowest BCUT2D eigenvalue weighted by Crippen LogP contribution is -2.46. The van der Waals surface area contributed by atoms with Crippen molar-refractivity contribution in [1.29, 1.82) is 0 Å². The predicted molar refractivity (Wildman–Crippen MR) is 98.3 cm³/mol. The Kier molecular flexibility index (Phi) is 6.77. The zero-order valence-electron chi connectivity index (χ0n) is 15.7. The van der Waals surface area contributed by atoms with E-state index in [0.717, 1.165) is 11.1 Å². The number of aryl methyl sites for hydroxylation is 1. The van der Waals surface area contributed by atoms with Crippen molar-refractivity contribution in [2.45, 2.75) is 52.6 Å². The lowest BCUT2D eigenvalue weighted by Gasteiger charge is -2.25. The van der Waals surface area contributed by atoms with E-state index < -0.39 is 17.9 Å². The van der Waals surface area contributed by atoms with E-state index in [9.17, 15) is 19.5 Å². The molecule has 1 fully saturated rings. The third-order valence-electron chi connectivity index (χ3n) is 4.73. The summed E-state index contributed by atoms with van der Waals surface area (Å²) in [5.41, 5.74) is 2.12. The van der Waals surface area contributed by atoms with Crippen LogP contribution in [0.15, 0.2) is 24.3 Å². The van der Waals surface area contributed by atoms with Gasteiger partial charge in [-0.2, -0.15) is 0 Å². The van der Waals surface area contributed by atoms with Gasteiger partial charge in [0.15, 0.2) is 0 Å². The third kappa shape index (κ3) is 5.31. The summed E-state index contributed by atoms with van der Waals surface area (Å²) >= 11 is 0. The zero-order valence-corrected chi connectivity index (χ0v) is 15.7. The van der Waals surface area contributed by atoms with Crippen LogP contribution in [0.25, 0.3) is 0 Å². The van der Waals surface area contributed by atoms with Crippen molar-refractivity contribution >= 4 is 17.8 Å². The zero-order chi connectivity index (χ0) is 19.3. The molecule has 0 saturated carbocycles. The highest BCUT2D eigenvalue weighted by Crippen LogP contribution is 2.22. The number of rotatable bonds is 8. The second-order valence-corrected chi connectivity index (χ2v) is 7.47. The highest BCUT2D eigenvalue weighted by atomic mass is 16.4. The first kappa shape index (κ1) is 19.9. The number of hydrogen-bond acceptors (Lipinski definition) is 3. The van der Waals surface area contributed by atoms with E-state index in [4.69, 9.17) is 0 Å². The van der Waals surface area contributed by atoms with Crippen LogP contribution in [-0.4, -0.2) is 40.4 Å². The largest absolute Gasteiger partial charge is 0.481 e. The van der Waals surface area contributed by atoms with E-state index in [-0.39, 0.29) is 24.3 Å². The summed E-state index contributed by atoms with van der Waals surface area (Å²) in [7, 11) is 0. The first-order chi connectivity index (χ1) is 12.3. The van der Waals surface area contributed by atoms with Crippen molar-refractivity contribution in [2.75, 3.05) is 6.54 Å². The van der Waals surface area contributed by atoms with Gasteiger partial charge in [-0.05, 0) is 31.2 Å². The smallest absolute Gasteiger partial charge is 0.308 e. The van der Waals surface area contributed by atoms with E-state index in [1.807, 2.05) is 45.0 Å². The first-order valence-corrected chi connectivity index (χ1v) is 9.13. The molecule has 0 spiro atoms. The Morgan fingerprint density at radius 1 is 1.27 bits per heavy atom. The quantitative estimate of drug-likeness (QED) is 0.745. The Bertz CT molecular complexity index is 654. The lowest BCUT2D eigenvalue weighted by atomic mass is 9.97.